The molecule has 47 heavy (non-hydrogen) atoms. The fourth-order valence-corrected chi connectivity index (χ4v) is 8.21. The van der Waals surface area contributed by atoms with E-state index in [1.54, 1.807) is 18.5 Å². The van der Waals surface area contributed by atoms with E-state index < -0.39 is 22.1 Å². The van der Waals surface area contributed by atoms with E-state index in [2.05, 4.69) is 40.6 Å². The summed E-state index contributed by atoms with van der Waals surface area (Å²) < 4.78 is 43.8. The molecule has 0 saturated carbocycles. The zero-order valence-corrected chi connectivity index (χ0v) is 28.2. The Bertz CT molecular complexity index is 1770. The Balaban J connectivity index is 1.38. The number of carbonyl (C=O) groups is 1. The lowest BCUT2D eigenvalue weighted by Crippen LogP contribution is -2.50. The number of amides is 1. The van der Waals surface area contributed by atoms with Crippen molar-refractivity contribution in [3.8, 4) is 0 Å². The molecule has 0 spiro atoms. The van der Waals surface area contributed by atoms with E-state index in [0.717, 1.165) is 40.7 Å². The fraction of sp³-hybridized carbons (Fsp3) is 0.545. The van der Waals surface area contributed by atoms with E-state index in [1.807, 2.05) is 15.9 Å². The molecule has 252 valence electrons. The normalized spacial score (nSPS) is 22.2. The minimum Gasteiger partial charge on any atom is -0.378 e. The summed E-state index contributed by atoms with van der Waals surface area (Å²) in [7, 11) is -1.57. The Labute approximate surface area is 275 Å². The maximum absolute atomic E-state index is 14.6. The predicted molar refractivity (Wildman–Crippen MR) is 181 cm³/mol. The van der Waals surface area contributed by atoms with E-state index in [1.165, 1.54) is 19.4 Å². The summed E-state index contributed by atoms with van der Waals surface area (Å²) in [6.45, 7) is 10.5. The molecule has 3 atom stereocenters. The number of halogens is 1. The molecule has 3 aromatic heterocycles. The number of anilines is 4. The molecule has 0 radical (unpaired) electrons. The quantitative estimate of drug-likeness (QED) is 0.313. The molecule has 3 aliphatic heterocycles. The summed E-state index contributed by atoms with van der Waals surface area (Å²) in [6, 6.07) is 3.53. The molecule has 0 unspecified atom stereocenters. The standard InChI is InChI=1S/C33H43FN8O4S/c1-6-29(43)42-12-7-8-25(42)31-30(20(2)3)22-14-28(36-15-23(22)32(39-31)41-16-21(17-41)19-47(5,44)45)37-27-9-11-35-33(38-27)40-13-10-26(46-4)24(34)18-40/h6,9,11,14-15,20-21,24-26H,1,7-8,10,12-13,16-19H2,2-5H3,(H,35,36,37,38)/t24-,25+,26+/m0/s1. The zero-order chi connectivity index (χ0) is 33.5. The minimum absolute atomic E-state index is 0.0224. The molecular weight excluding hydrogens is 623 g/mol. The first-order valence-corrected chi connectivity index (χ1v) is 18.2. The average molecular weight is 667 g/mol. The predicted octanol–water partition coefficient (Wildman–Crippen LogP) is 4.18. The van der Waals surface area contributed by atoms with Crippen LogP contribution in [0.4, 0.5) is 27.8 Å². The number of fused-ring (bicyclic) bond motifs is 1. The lowest BCUT2D eigenvalue weighted by atomic mass is 9.90. The van der Waals surface area contributed by atoms with E-state index in [0.29, 0.717) is 50.2 Å². The number of nitrogens with zero attached hydrogens (tertiary/aromatic N) is 7. The minimum atomic E-state index is -3.10. The van der Waals surface area contributed by atoms with Gasteiger partial charge in [-0.2, -0.15) is 4.98 Å². The Morgan fingerprint density at radius 1 is 1.13 bits per heavy atom. The number of ether oxygens (including phenoxy) is 1. The van der Waals surface area contributed by atoms with Crippen LogP contribution < -0.4 is 15.1 Å². The van der Waals surface area contributed by atoms with Crippen molar-refractivity contribution in [1.29, 1.82) is 0 Å². The second kappa shape index (κ2) is 13.3. The van der Waals surface area contributed by atoms with Crippen LogP contribution in [0.15, 0.2) is 37.2 Å². The molecule has 0 aliphatic carbocycles. The molecule has 6 heterocycles. The summed E-state index contributed by atoms with van der Waals surface area (Å²) in [5.41, 5.74) is 1.89. The van der Waals surface area contributed by atoms with Gasteiger partial charge in [0.25, 0.3) is 0 Å². The molecule has 0 aromatic carbocycles. The van der Waals surface area contributed by atoms with Crippen LogP contribution >= 0.6 is 0 Å². The van der Waals surface area contributed by atoms with E-state index in [-0.39, 0.29) is 36.1 Å². The third kappa shape index (κ3) is 6.89. The van der Waals surface area contributed by atoms with Crippen molar-refractivity contribution in [2.75, 3.05) is 67.0 Å². The number of nitrogens with one attached hydrogen (secondary N) is 1. The van der Waals surface area contributed by atoms with E-state index in [4.69, 9.17) is 14.7 Å². The van der Waals surface area contributed by atoms with E-state index in [9.17, 15) is 17.6 Å². The Kier molecular flexibility index (Phi) is 9.34. The summed E-state index contributed by atoms with van der Waals surface area (Å²) in [6.07, 6.45) is 6.70. The molecule has 14 heteroatoms. The van der Waals surface area contributed by atoms with Crippen molar-refractivity contribution < 1.29 is 22.3 Å². The van der Waals surface area contributed by atoms with Gasteiger partial charge in [-0.1, -0.05) is 20.4 Å². The van der Waals surface area contributed by atoms with Crippen molar-refractivity contribution in [1.82, 2.24) is 24.8 Å². The van der Waals surface area contributed by atoms with Gasteiger partial charge in [-0.15, -0.1) is 0 Å². The first-order chi connectivity index (χ1) is 22.5. The molecule has 0 bridgehead atoms. The first kappa shape index (κ1) is 33.0. The molecule has 3 saturated heterocycles. The molecular formula is C33H43FN8O4S. The molecule has 3 fully saturated rings. The maximum Gasteiger partial charge on any atom is 0.246 e. The number of rotatable bonds is 10. The number of pyridine rings is 2. The fourth-order valence-electron chi connectivity index (χ4n) is 7.14. The van der Waals surface area contributed by atoms with Gasteiger partial charge in [-0.3, -0.25) is 4.79 Å². The number of piperidine rings is 1. The van der Waals surface area contributed by atoms with E-state index >= 15 is 0 Å². The highest BCUT2D eigenvalue weighted by Crippen LogP contribution is 2.43. The number of carbonyl (C=O) groups excluding carboxylic acids is 1. The molecule has 6 rings (SSSR count). The monoisotopic (exact) mass is 666 g/mol. The third-order valence-electron chi connectivity index (χ3n) is 9.30. The molecule has 3 aliphatic rings. The van der Waals surface area contributed by atoms with Crippen LogP contribution in [0.3, 0.4) is 0 Å². The Morgan fingerprint density at radius 3 is 2.60 bits per heavy atom. The van der Waals surface area contributed by atoms with Gasteiger partial charge in [0.05, 0.1) is 30.1 Å². The van der Waals surface area contributed by atoms with Gasteiger partial charge in [0.1, 0.15) is 33.5 Å². The summed E-state index contributed by atoms with van der Waals surface area (Å²) in [4.78, 5) is 37.7. The summed E-state index contributed by atoms with van der Waals surface area (Å²) in [5.74, 6) is 2.37. The highest BCUT2D eigenvalue weighted by atomic mass is 32.2. The number of methoxy groups -OCH3 is 1. The van der Waals surface area contributed by atoms with Gasteiger partial charge in [-0.25, -0.2) is 27.8 Å². The first-order valence-electron chi connectivity index (χ1n) is 16.2. The van der Waals surface area contributed by atoms with Crippen LogP contribution in [0.25, 0.3) is 10.8 Å². The van der Waals surface area contributed by atoms with Crippen LogP contribution in [0.1, 0.15) is 56.3 Å². The van der Waals surface area contributed by atoms with Crippen LogP contribution in [0.2, 0.25) is 0 Å². The number of alkyl halides is 1. The average Bonchev–Trinajstić information content (AvgIpc) is 3.51. The molecule has 1 amide bonds. The van der Waals surface area contributed by atoms with Gasteiger partial charge in [-0.05, 0) is 54.3 Å². The lowest BCUT2D eigenvalue weighted by molar-refractivity contribution is -0.127. The topological polar surface area (TPSA) is 134 Å². The van der Waals surface area contributed by atoms with Crippen molar-refractivity contribution in [2.24, 2.45) is 5.92 Å². The molecule has 3 aromatic rings. The number of hydrogen-bond donors (Lipinski definition) is 1. The van der Waals surface area contributed by atoms with Gasteiger partial charge in [0.15, 0.2) is 0 Å². The van der Waals surface area contributed by atoms with Gasteiger partial charge in [0, 0.05) is 63.2 Å². The van der Waals surface area contributed by atoms with Crippen molar-refractivity contribution in [3.63, 3.8) is 0 Å². The second-order valence-electron chi connectivity index (χ2n) is 13.2. The van der Waals surface area contributed by atoms with Crippen molar-refractivity contribution in [3.05, 3.63) is 48.4 Å². The third-order valence-corrected chi connectivity index (χ3v) is 10.4. The number of hydrogen-bond acceptors (Lipinski definition) is 11. The van der Waals surface area contributed by atoms with Crippen LogP contribution in [-0.4, -0.2) is 103 Å². The lowest BCUT2D eigenvalue weighted by Gasteiger charge is -2.41. The molecule has 1 N–H and O–H groups in total. The second-order valence-corrected chi connectivity index (χ2v) is 15.3. The largest absolute Gasteiger partial charge is 0.378 e. The van der Waals surface area contributed by atoms with Crippen molar-refractivity contribution >= 4 is 49.9 Å². The van der Waals surface area contributed by atoms with Crippen LogP contribution in [0.5, 0.6) is 0 Å². The highest BCUT2D eigenvalue weighted by molar-refractivity contribution is 7.90. The summed E-state index contributed by atoms with van der Waals surface area (Å²) >= 11 is 0. The van der Waals surface area contributed by atoms with Crippen LogP contribution in [0, 0.1) is 5.92 Å². The SMILES string of the molecule is C=CC(=O)N1CCC[C@@H]1c1nc(N2CC(CS(C)(=O)=O)C2)c2cnc(Nc3ccnc(N4CC[C@@H](OC)[C@@H](F)C4)n3)cc2c1C(C)C. The van der Waals surface area contributed by atoms with Crippen LogP contribution in [-0.2, 0) is 19.4 Å². The Morgan fingerprint density at radius 2 is 1.91 bits per heavy atom. The number of aromatic nitrogens is 4. The summed E-state index contributed by atoms with van der Waals surface area (Å²) in [5, 5.41) is 5.14. The van der Waals surface area contributed by atoms with Gasteiger partial charge >= 0.3 is 0 Å². The number of sulfone groups is 1. The Hall–Kier alpha value is -3.91. The highest BCUT2D eigenvalue weighted by Gasteiger charge is 2.37. The maximum atomic E-state index is 14.6. The number of likely N-dealkylation sites (tertiary alicyclic amines) is 1. The zero-order valence-electron chi connectivity index (χ0n) is 27.4. The van der Waals surface area contributed by atoms with Gasteiger partial charge < -0.3 is 24.8 Å². The van der Waals surface area contributed by atoms with Gasteiger partial charge in [0.2, 0.25) is 11.9 Å². The van der Waals surface area contributed by atoms with Crippen molar-refractivity contribution in [2.45, 2.75) is 57.3 Å². The smallest absolute Gasteiger partial charge is 0.246 e. The molecule has 12 nitrogen and oxygen atoms in total.